The number of nitrogens with one attached hydrogen (secondary N) is 1. The molecule has 2 fully saturated rings. The van der Waals surface area contributed by atoms with Gasteiger partial charge in [-0.1, -0.05) is 12.8 Å². The number of halogens is 1. The Morgan fingerprint density at radius 2 is 2.12 bits per heavy atom. The number of fused-ring (bicyclic) bond motifs is 1. The first-order valence-electron chi connectivity index (χ1n) is 8.75. The number of anilines is 1. The van der Waals surface area contributed by atoms with Crippen molar-refractivity contribution in [3.63, 3.8) is 0 Å². The van der Waals surface area contributed by atoms with E-state index >= 15 is 0 Å². The van der Waals surface area contributed by atoms with E-state index in [1.165, 1.54) is 30.7 Å². The molecule has 2 aromatic heterocycles. The van der Waals surface area contributed by atoms with Crippen LogP contribution in [0.25, 0.3) is 11.2 Å². The molecule has 3 heterocycles. The van der Waals surface area contributed by atoms with Crippen molar-refractivity contribution >= 4 is 28.6 Å². The van der Waals surface area contributed by atoms with E-state index in [2.05, 4.69) is 20.3 Å². The Morgan fingerprint density at radius 3 is 2.77 bits per heavy atom. The van der Waals surface area contributed by atoms with Crippen LogP contribution in [0.1, 0.15) is 38.8 Å². The fourth-order valence-corrected chi connectivity index (χ4v) is 3.98. The highest BCUT2D eigenvalue weighted by molar-refractivity contribution is 6.28. The van der Waals surface area contributed by atoms with Gasteiger partial charge in [-0.2, -0.15) is 9.97 Å². The van der Waals surface area contributed by atoms with E-state index in [1.807, 2.05) is 0 Å². The van der Waals surface area contributed by atoms with Crippen LogP contribution < -0.4 is 5.32 Å². The lowest BCUT2D eigenvalue weighted by Crippen LogP contribution is -2.44. The molecule has 0 amide bonds. The van der Waals surface area contributed by atoms with E-state index in [4.69, 9.17) is 16.3 Å². The number of rotatable bonds is 4. The molecule has 0 unspecified atom stereocenters. The quantitative estimate of drug-likeness (QED) is 0.572. The Labute approximate surface area is 155 Å². The van der Waals surface area contributed by atoms with Gasteiger partial charge in [0.25, 0.3) is 0 Å². The summed E-state index contributed by atoms with van der Waals surface area (Å²) in [7, 11) is 0. The highest BCUT2D eigenvalue weighted by Crippen LogP contribution is 2.40. The predicted octanol–water partition coefficient (Wildman–Crippen LogP) is 0.836. The molecule has 4 atom stereocenters. The summed E-state index contributed by atoms with van der Waals surface area (Å²) in [6, 6.07) is 0.320. The molecule has 10 heteroatoms. The van der Waals surface area contributed by atoms with Crippen molar-refractivity contribution in [1.29, 1.82) is 0 Å². The van der Waals surface area contributed by atoms with Crippen LogP contribution in [-0.2, 0) is 4.74 Å². The average molecular weight is 384 g/mol. The van der Waals surface area contributed by atoms with Crippen LogP contribution in [0.15, 0.2) is 6.33 Å². The van der Waals surface area contributed by atoms with E-state index in [0.29, 0.717) is 23.0 Å². The van der Waals surface area contributed by atoms with Gasteiger partial charge >= 0.3 is 0 Å². The molecule has 0 aromatic carbocycles. The van der Waals surface area contributed by atoms with Gasteiger partial charge in [0.1, 0.15) is 17.8 Å². The second-order valence-electron chi connectivity index (χ2n) is 7.17. The molecular formula is C16H22ClN5O4. The lowest BCUT2D eigenvalue weighted by atomic mass is 9.96. The molecule has 1 aliphatic carbocycles. The Morgan fingerprint density at radius 1 is 1.38 bits per heavy atom. The third kappa shape index (κ3) is 2.84. The highest BCUT2D eigenvalue weighted by Gasteiger charge is 2.53. The summed E-state index contributed by atoms with van der Waals surface area (Å²) < 4.78 is 7.17. The van der Waals surface area contributed by atoms with Crippen LogP contribution in [-0.4, -0.2) is 65.3 Å². The first-order valence-corrected chi connectivity index (χ1v) is 9.13. The van der Waals surface area contributed by atoms with E-state index in [0.717, 1.165) is 12.8 Å². The van der Waals surface area contributed by atoms with Crippen molar-refractivity contribution in [2.24, 2.45) is 0 Å². The molecule has 0 bridgehead atoms. The van der Waals surface area contributed by atoms with Crippen LogP contribution in [0.4, 0.5) is 5.82 Å². The minimum atomic E-state index is -1.63. The molecule has 26 heavy (non-hydrogen) atoms. The molecule has 1 saturated heterocycles. The summed E-state index contributed by atoms with van der Waals surface area (Å²) in [6.07, 6.45) is 2.83. The summed E-state index contributed by atoms with van der Waals surface area (Å²) in [6.45, 7) is 1.04. The molecule has 9 nitrogen and oxygen atoms in total. The average Bonchev–Trinajstić information content (AvgIpc) is 3.29. The van der Waals surface area contributed by atoms with Gasteiger partial charge in [0.2, 0.25) is 5.28 Å². The summed E-state index contributed by atoms with van der Waals surface area (Å²) in [5.74, 6) is 0.544. The van der Waals surface area contributed by atoms with Gasteiger partial charge in [0.05, 0.1) is 12.9 Å². The molecule has 0 radical (unpaired) electrons. The Bertz CT molecular complexity index is 807. The summed E-state index contributed by atoms with van der Waals surface area (Å²) in [5, 5.41) is 33.7. The van der Waals surface area contributed by atoms with Crippen molar-refractivity contribution < 1.29 is 20.1 Å². The monoisotopic (exact) mass is 383 g/mol. The third-order valence-electron chi connectivity index (χ3n) is 5.28. The lowest BCUT2D eigenvalue weighted by Gasteiger charge is -2.27. The van der Waals surface area contributed by atoms with Gasteiger partial charge < -0.3 is 25.4 Å². The normalized spacial score (nSPS) is 32.6. The molecular weight excluding hydrogens is 362 g/mol. The van der Waals surface area contributed by atoms with Gasteiger partial charge in [-0.05, 0) is 31.4 Å². The number of hydrogen-bond acceptors (Lipinski definition) is 8. The molecule has 1 aliphatic heterocycles. The van der Waals surface area contributed by atoms with Gasteiger partial charge in [0, 0.05) is 6.04 Å². The standard InChI is InChI=1S/C16H22ClN5O4/c1-16(25)11(24)9(6-23)26-14(16)22-7-18-10-12(19-8-4-2-3-5-8)20-15(17)21-13(10)22/h7-9,11,14,23-25H,2-6H2,1H3,(H,19,20,21)/t9-,11-,14+,16-/m0/s1. The second-order valence-corrected chi connectivity index (χ2v) is 7.51. The van der Waals surface area contributed by atoms with Crippen LogP contribution in [0.5, 0.6) is 0 Å². The number of imidazole rings is 1. The first kappa shape index (κ1) is 17.9. The van der Waals surface area contributed by atoms with Crippen molar-refractivity contribution in [3.8, 4) is 0 Å². The zero-order valence-corrected chi connectivity index (χ0v) is 15.1. The third-order valence-corrected chi connectivity index (χ3v) is 5.45. The molecule has 142 valence electrons. The summed E-state index contributed by atoms with van der Waals surface area (Å²) in [5.41, 5.74) is -0.721. The molecule has 0 spiro atoms. The van der Waals surface area contributed by atoms with Gasteiger partial charge in [-0.3, -0.25) is 4.57 Å². The SMILES string of the molecule is C[C@]1(O)[C@@H](O)[C@H](CO)O[C@H]1n1cnc2c(NC3CCCC3)nc(Cl)nc21. The number of aliphatic hydroxyl groups excluding tert-OH is 2. The number of ether oxygens (including phenoxy) is 1. The van der Waals surface area contributed by atoms with E-state index in [1.54, 1.807) is 0 Å². The summed E-state index contributed by atoms with van der Waals surface area (Å²) in [4.78, 5) is 12.9. The maximum Gasteiger partial charge on any atom is 0.226 e. The van der Waals surface area contributed by atoms with E-state index < -0.39 is 30.6 Å². The topological polar surface area (TPSA) is 126 Å². The lowest BCUT2D eigenvalue weighted by molar-refractivity contribution is -0.0950. The Balaban J connectivity index is 1.74. The number of hydrogen-bond donors (Lipinski definition) is 4. The zero-order valence-electron chi connectivity index (χ0n) is 14.3. The highest BCUT2D eigenvalue weighted by atomic mass is 35.5. The molecule has 4 N–H and O–H groups in total. The minimum Gasteiger partial charge on any atom is -0.394 e. The maximum absolute atomic E-state index is 10.7. The number of nitrogens with zero attached hydrogens (tertiary/aromatic N) is 4. The predicted molar refractivity (Wildman–Crippen MR) is 93.8 cm³/mol. The van der Waals surface area contributed by atoms with E-state index in [9.17, 15) is 15.3 Å². The van der Waals surface area contributed by atoms with Crippen LogP contribution in [0, 0.1) is 0 Å². The zero-order chi connectivity index (χ0) is 18.5. The molecule has 2 aliphatic rings. The van der Waals surface area contributed by atoms with Crippen LogP contribution in [0.2, 0.25) is 5.28 Å². The molecule has 4 rings (SSSR count). The van der Waals surface area contributed by atoms with Crippen LogP contribution in [0.3, 0.4) is 0 Å². The van der Waals surface area contributed by atoms with Crippen molar-refractivity contribution in [2.45, 2.75) is 62.7 Å². The minimum absolute atomic E-state index is 0.0524. The van der Waals surface area contributed by atoms with Gasteiger partial charge in [0.15, 0.2) is 23.2 Å². The summed E-state index contributed by atoms with van der Waals surface area (Å²) >= 11 is 6.10. The number of aromatic nitrogens is 4. The van der Waals surface area contributed by atoms with Crippen molar-refractivity contribution in [3.05, 3.63) is 11.6 Å². The van der Waals surface area contributed by atoms with E-state index in [-0.39, 0.29) is 5.28 Å². The largest absolute Gasteiger partial charge is 0.394 e. The van der Waals surface area contributed by atoms with Crippen molar-refractivity contribution in [2.75, 3.05) is 11.9 Å². The number of aliphatic hydroxyl groups is 3. The second kappa shape index (κ2) is 6.58. The Hall–Kier alpha value is -1.52. The fraction of sp³-hybridized carbons (Fsp3) is 0.688. The Kier molecular flexibility index (Phi) is 4.52. The van der Waals surface area contributed by atoms with Crippen LogP contribution >= 0.6 is 11.6 Å². The first-order chi connectivity index (χ1) is 12.4. The smallest absolute Gasteiger partial charge is 0.226 e. The maximum atomic E-state index is 10.7. The fourth-order valence-electron chi connectivity index (χ4n) is 3.82. The van der Waals surface area contributed by atoms with Gasteiger partial charge in [-0.25, -0.2) is 4.98 Å². The van der Waals surface area contributed by atoms with Crippen molar-refractivity contribution in [1.82, 2.24) is 19.5 Å². The molecule has 2 aromatic rings. The van der Waals surface area contributed by atoms with Gasteiger partial charge in [-0.15, -0.1) is 0 Å². The molecule has 1 saturated carbocycles.